The molecule has 3 saturated heterocycles. The molecule has 0 radical (unpaired) electrons. The standard InChI is InChI=1S/C26H34BrN3O6/c1-4-12-29(17-10-8-16(9-11-17)28(5-2)6-3)24(33)22-26-15-18(27)21(36-26)19(25(34)35)20(26)23(32)30(22)13-7-14-31/h4,8-11,18-22,31H,1,5-7,12-15H2,2-3H3,(H,34,35)/t18?,19-,20-,21-,22?,26?/m0/s1. The zero-order valence-corrected chi connectivity index (χ0v) is 22.3. The van der Waals surface area contributed by atoms with Crippen molar-refractivity contribution < 1.29 is 29.3 Å². The summed E-state index contributed by atoms with van der Waals surface area (Å²) in [4.78, 5) is 45.0. The van der Waals surface area contributed by atoms with Crippen molar-refractivity contribution in [2.45, 2.75) is 49.3 Å². The fourth-order valence-corrected chi connectivity index (χ4v) is 7.15. The SMILES string of the molecule is C=CCN(C(=O)C1N(CCCO)C(=O)[C@@H]2[C@H](C(=O)O)[C@H]3OC12CC3Br)c1ccc(N(CC)CC)cc1. The third-order valence-electron chi connectivity index (χ3n) is 7.73. The van der Waals surface area contributed by atoms with Crippen molar-refractivity contribution in [3.05, 3.63) is 36.9 Å². The highest BCUT2D eigenvalue weighted by atomic mass is 79.9. The molecule has 196 valence electrons. The fraction of sp³-hybridized carbons (Fsp3) is 0.577. The van der Waals surface area contributed by atoms with Gasteiger partial charge in [-0.15, -0.1) is 6.58 Å². The molecule has 3 fully saturated rings. The maximum absolute atomic E-state index is 14.3. The lowest BCUT2D eigenvalue weighted by molar-refractivity contribution is -0.149. The predicted octanol–water partition coefficient (Wildman–Crippen LogP) is 2.27. The van der Waals surface area contributed by atoms with Crippen LogP contribution < -0.4 is 9.80 Å². The second-order valence-corrected chi connectivity index (χ2v) is 10.7. The second-order valence-electron chi connectivity index (χ2n) is 9.54. The lowest BCUT2D eigenvalue weighted by atomic mass is 9.70. The number of alkyl halides is 1. The van der Waals surface area contributed by atoms with E-state index in [2.05, 4.69) is 41.3 Å². The Morgan fingerprint density at radius 2 is 1.89 bits per heavy atom. The van der Waals surface area contributed by atoms with Gasteiger partial charge in [0.25, 0.3) is 5.91 Å². The van der Waals surface area contributed by atoms with Crippen molar-refractivity contribution in [2.75, 3.05) is 42.6 Å². The number of aliphatic hydroxyl groups is 1. The Hall–Kier alpha value is -2.43. The van der Waals surface area contributed by atoms with Crippen LogP contribution in [0.1, 0.15) is 26.7 Å². The number of amides is 2. The van der Waals surface area contributed by atoms with Crippen LogP contribution in [0, 0.1) is 11.8 Å². The van der Waals surface area contributed by atoms with Gasteiger partial charge in [0.2, 0.25) is 5.91 Å². The van der Waals surface area contributed by atoms with Gasteiger partial charge in [0.1, 0.15) is 11.6 Å². The average Bonchev–Trinajstić information content (AvgIpc) is 3.45. The van der Waals surface area contributed by atoms with Gasteiger partial charge in [-0.2, -0.15) is 0 Å². The number of carbonyl (C=O) groups excluding carboxylic acids is 2. The number of carboxylic acid groups (broad SMARTS) is 1. The number of aliphatic carboxylic acids is 1. The van der Waals surface area contributed by atoms with E-state index in [9.17, 15) is 24.6 Å². The summed E-state index contributed by atoms with van der Waals surface area (Å²) in [6, 6.07) is 6.67. The molecule has 2 bridgehead atoms. The zero-order chi connectivity index (χ0) is 26.2. The minimum absolute atomic E-state index is 0.139. The highest BCUT2D eigenvalue weighted by Gasteiger charge is 2.76. The van der Waals surface area contributed by atoms with Gasteiger partial charge < -0.3 is 29.6 Å². The highest BCUT2D eigenvalue weighted by Crippen LogP contribution is 2.60. The van der Waals surface area contributed by atoms with Crippen LogP contribution in [-0.4, -0.2) is 88.3 Å². The average molecular weight is 564 g/mol. The topological polar surface area (TPSA) is 111 Å². The molecule has 36 heavy (non-hydrogen) atoms. The van der Waals surface area contributed by atoms with Gasteiger partial charge in [0, 0.05) is 49.0 Å². The van der Waals surface area contributed by atoms with E-state index >= 15 is 0 Å². The first-order valence-corrected chi connectivity index (χ1v) is 13.4. The molecule has 3 heterocycles. The van der Waals surface area contributed by atoms with Gasteiger partial charge in [-0.1, -0.05) is 22.0 Å². The van der Waals surface area contributed by atoms with Gasteiger partial charge in [-0.3, -0.25) is 14.4 Å². The van der Waals surface area contributed by atoms with Crippen LogP contribution in [0.25, 0.3) is 0 Å². The number of hydrogen-bond acceptors (Lipinski definition) is 6. The molecule has 3 unspecified atom stereocenters. The molecule has 10 heteroatoms. The van der Waals surface area contributed by atoms with Gasteiger partial charge >= 0.3 is 5.97 Å². The van der Waals surface area contributed by atoms with Crippen molar-refractivity contribution in [1.82, 2.24) is 4.90 Å². The van der Waals surface area contributed by atoms with Crippen molar-refractivity contribution >= 4 is 45.1 Å². The summed E-state index contributed by atoms with van der Waals surface area (Å²) >= 11 is 3.55. The summed E-state index contributed by atoms with van der Waals surface area (Å²) < 4.78 is 6.30. The molecule has 1 aromatic rings. The summed E-state index contributed by atoms with van der Waals surface area (Å²) in [5, 5.41) is 19.4. The van der Waals surface area contributed by atoms with E-state index in [0.29, 0.717) is 12.1 Å². The number of carboxylic acids is 1. The highest BCUT2D eigenvalue weighted by molar-refractivity contribution is 9.09. The Kier molecular flexibility index (Phi) is 7.78. The number of rotatable bonds is 11. The van der Waals surface area contributed by atoms with E-state index in [0.717, 1.165) is 18.8 Å². The van der Waals surface area contributed by atoms with Crippen LogP contribution in [-0.2, 0) is 19.1 Å². The Morgan fingerprint density at radius 3 is 2.44 bits per heavy atom. The molecule has 0 aliphatic carbocycles. The normalized spacial score (nSPS) is 30.4. The third kappa shape index (κ3) is 4.13. The lowest BCUT2D eigenvalue weighted by Gasteiger charge is -2.37. The molecule has 2 N–H and O–H groups in total. The quantitative estimate of drug-likeness (QED) is 0.314. The monoisotopic (exact) mass is 563 g/mol. The minimum Gasteiger partial charge on any atom is -0.481 e. The summed E-state index contributed by atoms with van der Waals surface area (Å²) in [7, 11) is 0. The number of anilines is 2. The molecule has 3 aliphatic heterocycles. The summed E-state index contributed by atoms with van der Waals surface area (Å²) in [5.74, 6) is -3.82. The van der Waals surface area contributed by atoms with E-state index in [1.165, 1.54) is 4.90 Å². The molecule has 3 aliphatic rings. The van der Waals surface area contributed by atoms with Crippen LogP contribution in [0.2, 0.25) is 0 Å². The molecular formula is C26H34BrN3O6. The molecule has 0 saturated carbocycles. The van der Waals surface area contributed by atoms with Gasteiger partial charge in [-0.05, 0) is 51.0 Å². The molecule has 2 amide bonds. The third-order valence-corrected chi connectivity index (χ3v) is 8.58. The zero-order valence-electron chi connectivity index (χ0n) is 20.7. The van der Waals surface area contributed by atoms with Crippen LogP contribution in [0.3, 0.4) is 0 Å². The number of likely N-dealkylation sites (tertiary alicyclic amines) is 1. The van der Waals surface area contributed by atoms with E-state index in [4.69, 9.17) is 4.74 Å². The van der Waals surface area contributed by atoms with Gasteiger partial charge in [-0.25, -0.2) is 0 Å². The van der Waals surface area contributed by atoms with Crippen molar-refractivity contribution in [3.8, 4) is 0 Å². The first-order chi connectivity index (χ1) is 17.2. The fourth-order valence-electron chi connectivity index (χ4n) is 6.20. The van der Waals surface area contributed by atoms with Crippen LogP contribution in [0.4, 0.5) is 11.4 Å². The van der Waals surface area contributed by atoms with Crippen molar-refractivity contribution in [3.63, 3.8) is 0 Å². The smallest absolute Gasteiger partial charge is 0.310 e. The van der Waals surface area contributed by atoms with E-state index in [1.54, 1.807) is 11.0 Å². The number of benzene rings is 1. The summed E-state index contributed by atoms with van der Waals surface area (Å²) in [6.07, 6.45) is 1.57. The maximum atomic E-state index is 14.3. The number of nitrogens with zero attached hydrogens (tertiary/aromatic N) is 3. The maximum Gasteiger partial charge on any atom is 0.310 e. The number of carbonyl (C=O) groups is 3. The minimum atomic E-state index is -1.24. The Bertz CT molecular complexity index is 1020. The molecule has 1 spiro atoms. The van der Waals surface area contributed by atoms with E-state index in [-0.39, 0.29) is 36.9 Å². The largest absolute Gasteiger partial charge is 0.481 e. The number of hydrogen-bond donors (Lipinski definition) is 2. The summed E-state index contributed by atoms with van der Waals surface area (Å²) in [6.45, 7) is 9.89. The molecular weight excluding hydrogens is 530 g/mol. The first kappa shape index (κ1) is 26.6. The molecule has 6 atom stereocenters. The number of fused-ring (bicyclic) bond motifs is 1. The van der Waals surface area contributed by atoms with E-state index < -0.39 is 41.5 Å². The molecule has 1 aromatic carbocycles. The van der Waals surface area contributed by atoms with Crippen molar-refractivity contribution in [1.29, 1.82) is 0 Å². The lowest BCUT2D eigenvalue weighted by Crippen LogP contribution is -2.57. The van der Waals surface area contributed by atoms with E-state index in [1.807, 2.05) is 24.3 Å². The van der Waals surface area contributed by atoms with Crippen LogP contribution in [0.5, 0.6) is 0 Å². The van der Waals surface area contributed by atoms with Crippen LogP contribution >= 0.6 is 15.9 Å². The molecule has 9 nitrogen and oxygen atoms in total. The second kappa shape index (κ2) is 10.5. The molecule has 0 aromatic heterocycles. The summed E-state index contributed by atoms with van der Waals surface area (Å²) in [5.41, 5.74) is 0.452. The predicted molar refractivity (Wildman–Crippen MR) is 139 cm³/mol. The Labute approximate surface area is 219 Å². The number of aliphatic hydroxyl groups excluding tert-OH is 1. The van der Waals surface area contributed by atoms with Crippen molar-refractivity contribution in [2.24, 2.45) is 11.8 Å². The number of halogens is 1. The van der Waals surface area contributed by atoms with Crippen LogP contribution in [0.15, 0.2) is 36.9 Å². The Balaban J connectivity index is 1.74. The Morgan fingerprint density at radius 1 is 1.25 bits per heavy atom. The van der Waals surface area contributed by atoms with Gasteiger partial charge in [0.05, 0.1) is 17.9 Å². The number of ether oxygens (including phenoxy) is 1. The molecule has 4 rings (SSSR count). The first-order valence-electron chi connectivity index (χ1n) is 12.5. The van der Waals surface area contributed by atoms with Gasteiger partial charge in [0.15, 0.2) is 0 Å².